The van der Waals surface area contributed by atoms with Crippen molar-refractivity contribution >= 4 is 34.7 Å². The predicted molar refractivity (Wildman–Crippen MR) is 80.8 cm³/mol. The topological polar surface area (TPSA) is 50.9 Å². The second kappa shape index (κ2) is 7.50. The van der Waals surface area contributed by atoms with E-state index in [1.807, 2.05) is 23.9 Å². The lowest BCUT2D eigenvalue weighted by molar-refractivity contribution is 0.771. The van der Waals surface area contributed by atoms with E-state index in [0.717, 1.165) is 12.1 Å². The Balaban J connectivity index is 2.50. The van der Waals surface area contributed by atoms with Crippen molar-refractivity contribution in [1.82, 2.24) is 4.98 Å². The zero-order chi connectivity index (χ0) is 12.7. The van der Waals surface area contributed by atoms with E-state index in [0.29, 0.717) is 16.7 Å². The molecule has 94 valence electrons. The van der Waals surface area contributed by atoms with Crippen molar-refractivity contribution in [2.45, 2.75) is 26.3 Å². The molecule has 1 unspecified atom stereocenters. The van der Waals surface area contributed by atoms with Crippen LogP contribution in [-0.2, 0) is 0 Å². The molecule has 0 fully saturated rings. The van der Waals surface area contributed by atoms with E-state index in [2.05, 4.69) is 24.1 Å². The molecule has 3 N–H and O–H groups in total. The molecule has 5 heteroatoms. The van der Waals surface area contributed by atoms with Gasteiger partial charge in [-0.15, -0.1) is 0 Å². The van der Waals surface area contributed by atoms with Crippen LogP contribution in [0, 0.1) is 0 Å². The summed E-state index contributed by atoms with van der Waals surface area (Å²) < 4.78 is 0. The average Bonchev–Trinajstić information content (AvgIpc) is 2.29. The third-order valence-electron chi connectivity index (χ3n) is 2.32. The molecule has 0 saturated carbocycles. The van der Waals surface area contributed by atoms with E-state index < -0.39 is 0 Å². The molecule has 0 aliphatic heterocycles. The van der Waals surface area contributed by atoms with E-state index in [4.69, 9.17) is 18.0 Å². The lowest BCUT2D eigenvalue weighted by Crippen LogP contribution is -2.17. The Labute approximate surface area is 113 Å². The van der Waals surface area contributed by atoms with Gasteiger partial charge in [-0.3, -0.25) is 4.98 Å². The highest BCUT2D eigenvalue weighted by molar-refractivity contribution is 7.99. The number of nitrogens with two attached hydrogens (primary N) is 1. The van der Waals surface area contributed by atoms with E-state index in [1.165, 1.54) is 11.5 Å². The Kier molecular flexibility index (Phi) is 6.29. The van der Waals surface area contributed by atoms with E-state index in [-0.39, 0.29) is 0 Å². The van der Waals surface area contributed by atoms with Crippen LogP contribution in [0.4, 0.5) is 5.69 Å². The van der Waals surface area contributed by atoms with Gasteiger partial charge in [-0.25, -0.2) is 0 Å². The maximum absolute atomic E-state index is 5.55. The van der Waals surface area contributed by atoms with Gasteiger partial charge in [0.15, 0.2) is 0 Å². The third-order valence-corrected chi connectivity index (χ3v) is 3.47. The molecule has 1 atom stereocenters. The summed E-state index contributed by atoms with van der Waals surface area (Å²) in [6.45, 7) is 4.36. The Morgan fingerprint density at radius 3 is 3.06 bits per heavy atom. The van der Waals surface area contributed by atoms with Crippen LogP contribution in [0.1, 0.15) is 26.0 Å². The molecule has 1 aromatic heterocycles. The van der Waals surface area contributed by atoms with E-state index >= 15 is 0 Å². The highest BCUT2D eigenvalue weighted by Gasteiger charge is 2.04. The smallest absolute Gasteiger partial charge is 0.122 e. The normalized spacial score (nSPS) is 12.1. The molecule has 1 heterocycles. The summed E-state index contributed by atoms with van der Waals surface area (Å²) in [4.78, 5) is 4.45. The number of hydrogen-bond donors (Lipinski definition) is 2. The number of rotatable bonds is 7. The van der Waals surface area contributed by atoms with Gasteiger partial charge in [0.1, 0.15) is 4.99 Å². The average molecular weight is 269 g/mol. The zero-order valence-corrected chi connectivity index (χ0v) is 11.9. The molecule has 3 nitrogen and oxygen atoms in total. The van der Waals surface area contributed by atoms with Crippen LogP contribution in [-0.4, -0.2) is 27.5 Å². The number of thiocarbonyl (C=S) groups is 1. The lowest BCUT2D eigenvalue weighted by Gasteiger charge is -2.15. The van der Waals surface area contributed by atoms with Gasteiger partial charge in [-0.05, 0) is 37.0 Å². The molecule has 0 radical (unpaired) electrons. The quantitative estimate of drug-likeness (QED) is 0.589. The fourth-order valence-electron chi connectivity index (χ4n) is 1.42. The van der Waals surface area contributed by atoms with Crippen LogP contribution in [0.5, 0.6) is 0 Å². The van der Waals surface area contributed by atoms with Crippen molar-refractivity contribution < 1.29 is 0 Å². The molecule has 0 spiro atoms. The first-order chi connectivity index (χ1) is 8.13. The molecule has 0 saturated heterocycles. The Bertz CT molecular complexity index is 369. The van der Waals surface area contributed by atoms with Crippen molar-refractivity contribution in [3.63, 3.8) is 0 Å². The summed E-state index contributed by atoms with van der Waals surface area (Å²) in [5, 5.41) is 3.43. The minimum atomic E-state index is 0.336. The second-order valence-electron chi connectivity index (χ2n) is 3.82. The minimum absolute atomic E-state index is 0.336. The van der Waals surface area contributed by atoms with Gasteiger partial charge in [0.05, 0.1) is 5.69 Å². The molecule has 0 aliphatic carbocycles. The van der Waals surface area contributed by atoms with Crippen LogP contribution < -0.4 is 11.1 Å². The summed E-state index contributed by atoms with van der Waals surface area (Å²) in [5.74, 6) is 2.35. The van der Waals surface area contributed by atoms with Gasteiger partial charge < -0.3 is 11.1 Å². The highest BCUT2D eigenvalue weighted by atomic mass is 32.2. The standard InChI is InChI=1S/C12H19N3S2/c1-3-17-7-5-9(2)15-10-4-6-14-11(8-10)12(13)16/h4,6,8-9H,3,5,7H2,1-2H3,(H2,13,16)(H,14,15). The third kappa shape index (κ3) is 5.37. The summed E-state index contributed by atoms with van der Waals surface area (Å²) in [6.07, 6.45) is 2.87. The summed E-state index contributed by atoms with van der Waals surface area (Å²) in [5.41, 5.74) is 7.24. The van der Waals surface area contributed by atoms with Gasteiger partial charge in [-0.1, -0.05) is 19.1 Å². The number of anilines is 1. The summed E-state index contributed by atoms with van der Waals surface area (Å²) in [6, 6.07) is 4.27. The maximum Gasteiger partial charge on any atom is 0.122 e. The van der Waals surface area contributed by atoms with Crippen molar-refractivity contribution in [3.05, 3.63) is 24.0 Å². The van der Waals surface area contributed by atoms with Crippen LogP contribution in [0.25, 0.3) is 0 Å². The molecular formula is C12H19N3S2. The van der Waals surface area contributed by atoms with Crippen LogP contribution >= 0.6 is 24.0 Å². The Morgan fingerprint density at radius 2 is 2.41 bits per heavy atom. The van der Waals surface area contributed by atoms with Gasteiger partial charge in [0.25, 0.3) is 0 Å². The number of thioether (sulfide) groups is 1. The van der Waals surface area contributed by atoms with Crippen molar-refractivity contribution in [2.75, 3.05) is 16.8 Å². The van der Waals surface area contributed by atoms with Gasteiger partial charge in [0.2, 0.25) is 0 Å². The van der Waals surface area contributed by atoms with Gasteiger partial charge >= 0.3 is 0 Å². The summed E-state index contributed by atoms with van der Waals surface area (Å²) in [7, 11) is 0. The molecule has 17 heavy (non-hydrogen) atoms. The van der Waals surface area contributed by atoms with Crippen molar-refractivity contribution in [2.24, 2.45) is 5.73 Å². The van der Waals surface area contributed by atoms with Gasteiger partial charge in [0, 0.05) is 17.9 Å². The summed E-state index contributed by atoms with van der Waals surface area (Å²) >= 11 is 6.87. The fourth-order valence-corrected chi connectivity index (χ4v) is 2.34. The Morgan fingerprint density at radius 1 is 1.65 bits per heavy atom. The number of hydrogen-bond acceptors (Lipinski definition) is 4. The molecular weight excluding hydrogens is 250 g/mol. The fraction of sp³-hybridized carbons (Fsp3) is 0.500. The molecule has 0 aliphatic rings. The first-order valence-electron chi connectivity index (χ1n) is 5.73. The zero-order valence-electron chi connectivity index (χ0n) is 10.3. The molecule has 1 aromatic rings. The van der Waals surface area contributed by atoms with Crippen molar-refractivity contribution in [1.29, 1.82) is 0 Å². The number of pyridine rings is 1. The molecule has 0 amide bonds. The maximum atomic E-state index is 5.55. The van der Waals surface area contributed by atoms with Crippen LogP contribution in [0.15, 0.2) is 18.3 Å². The van der Waals surface area contributed by atoms with Crippen LogP contribution in [0.3, 0.4) is 0 Å². The number of nitrogens with one attached hydrogen (secondary N) is 1. The monoisotopic (exact) mass is 269 g/mol. The minimum Gasteiger partial charge on any atom is -0.388 e. The van der Waals surface area contributed by atoms with Crippen molar-refractivity contribution in [3.8, 4) is 0 Å². The Hall–Kier alpha value is -0.810. The second-order valence-corrected chi connectivity index (χ2v) is 5.66. The molecule has 0 aromatic carbocycles. The largest absolute Gasteiger partial charge is 0.388 e. The predicted octanol–water partition coefficient (Wildman–Crippen LogP) is 2.66. The van der Waals surface area contributed by atoms with Crippen LogP contribution in [0.2, 0.25) is 0 Å². The number of aromatic nitrogens is 1. The SMILES string of the molecule is CCSCCC(C)Nc1ccnc(C(N)=S)c1. The van der Waals surface area contributed by atoms with E-state index in [1.54, 1.807) is 6.20 Å². The van der Waals surface area contributed by atoms with E-state index in [9.17, 15) is 0 Å². The highest BCUT2D eigenvalue weighted by Crippen LogP contribution is 2.12. The molecule has 0 bridgehead atoms. The van der Waals surface area contributed by atoms with Gasteiger partial charge in [-0.2, -0.15) is 11.8 Å². The number of nitrogens with zero attached hydrogens (tertiary/aromatic N) is 1. The molecule has 1 rings (SSSR count). The first kappa shape index (κ1) is 14.3. The lowest BCUT2D eigenvalue weighted by atomic mass is 10.2. The first-order valence-corrected chi connectivity index (χ1v) is 7.30.